The van der Waals surface area contributed by atoms with E-state index in [1.165, 1.54) is 25.3 Å². The second kappa shape index (κ2) is 6.20. The number of nitrogens with one attached hydrogen (secondary N) is 2. The predicted molar refractivity (Wildman–Crippen MR) is 81.5 cm³/mol. The highest BCUT2D eigenvalue weighted by Crippen LogP contribution is 2.48. The standard InChI is InChI=1S/C17H26N2O2/c1-2-16(20)18-14-5-3-4-6-15(14)19-17(21)13-10-11-7-8-12(13)9-11/h2,11-15H,1,3-10H2,(H,18,20)(H,19,21). The van der Waals surface area contributed by atoms with E-state index in [1.807, 2.05) is 0 Å². The topological polar surface area (TPSA) is 58.2 Å². The Labute approximate surface area is 126 Å². The lowest BCUT2D eigenvalue weighted by molar-refractivity contribution is -0.128. The van der Waals surface area contributed by atoms with Crippen molar-refractivity contribution in [2.45, 2.75) is 63.5 Å². The Hall–Kier alpha value is -1.32. The summed E-state index contributed by atoms with van der Waals surface area (Å²) in [5.41, 5.74) is 0. The summed E-state index contributed by atoms with van der Waals surface area (Å²) in [5.74, 6) is 1.71. The van der Waals surface area contributed by atoms with E-state index in [0.717, 1.165) is 38.0 Å². The van der Waals surface area contributed by atoms with E-state index in [4.69, 9.17) is 0 Å². The third-order valence-electron chi connectivity index (χ3n) is 5.68. The van der Waals surface area contributed by atoms with E-state index in [0.29, 0.717) is 5.92 Å². The minimum Gasteiger partial charge on any atom is -0.351 e. The lowest BCUT2D eigenvalue weighted by atomic mass is 9.86. The first kappa shape index (κ1) is 14.6. The van der Waals surface area contributed by atoms with E-state index in [1.54, 1.807) is 0 Å². The molecule has 2 bridgehead atoms. The maximum absolute atomic E-state index is 12.6. The monoisotopic (exact) mass is 290 g/mol. The van der Waals surface area contributed by atoms with Crippen molar-refractivity contribution < 1.29 is 9.59 Å². The van der Waals surface area contributed by atoms with Gasteiger partial charge in [0, 0.05) is 18.0 Å². The SMILES string of the molecule is C=CC(=O)NC1CCCCC1NC(=O)C1CC2CCC1C2. The van der Waals surface area contributed by atoms with Gasteiger partial charge in [-0.3, -0.25) is 9.59 Å². The first-order valence-electron chi connectivity index (χ1n) is 8.40. The van der Waals surface area contributed by atoms with Gasteiger partial charge in [-0.1, -0.05) is 25.8 Å². The molecule has 0 spiro atoms. The van der Waals surface area contributed by atoms with Gasteiger partial charge in [-0.25, -0.2) is 0 Å². The molecule has 5 atom stereocenters. The smallest absolute Gasteiger partial charge is 0.243 e. The highest BCUT2D eigenvalue weighted by Gasteiger charge is 2.43. The third-order valence-corrected chi connectivity index (χ3v) is 5.68. The van der Waals surface area contributed by atoms with Gasteiger partial charge in [0.05, 0.1) is 0 Å². The van der Waals surface area contributed by atoms with Crippen molar-refractivity contribution in [1.82, 2.24) is 10.6 Å². The first-order valence-corrected chi connectivity index (χ1v) is 8.40. The maximum atomic E-state index is 12.6. The van der Waals surface area contributed by atoms with E-state index in [-0.39, 0.29) is 29.8 Å². The molecule has 4 nitrogen and oxygen atoms in total. The number of hydrogen-bond acceptors (Lipinski definition) is 2. The molecule has 0 aromatic rings. The van der Waals surface area contributed by atoms with Crippen molar-refractivity contribution in [2.24, 2.45) is 17.8 Å². The molecular weight excluding hydrogens is 264 g/mol. The summed E-state index contributed by atoms with van der Waals surface area (Å²) in [7, 11) is 0. The van der Waals surface area contributed by atoms with Crippen molar-refractivity contribution in [3.8, 4) is 0 Å². The molecule has 3 fully saturated rings. The number of rotatable bonds is 4. The molecule has 0 saturated heterocycles. The predicted octanol–water partition coefficient (Wildman–Crippen LogP) is 2.15. The third kappa shape index (κ3) is 3.14. The molecule has 0 radical (unpaired) electrons. The fourth-order valence-corrected chi connectivity index (χ4v) is 4.57. The molecule has 5 unspecified atom stereocenters. The maximum Gasteiger partial charge on any atom is 0.243 e. The molecule has 116 valence electrons. The minimum atomic E-state index is -0.138. The summed E-state index contributed by atoms with van der Waals surface area (Å²) in [6.07, 6.45) is 10.3. The molecule has 3 aliphatic carbocycles. The Balaban J connectivity index is 1.57. The lowest BCUT2D eigenvalue weighted by Gasteiger charge is -2.34. The highest BCUT2D eigenvalue weighted by molar-refractivity contribution is 5.87. The van der Waals surface area contributed by atoms with Gasteiger partial charge >= 0.3 is 0 Å². The van der Waals surface area contributed by atoms with Crippen LogP contribution in [0.5, 0.6) is 0 Å². The first-order chi connectivity index (χ1) is 10.2. The number of carbonyl (C=O) groups excluding carboxylic acids is 2. The Morgan fingerprint density at radius 2 is 1.67 bits per heavy atom. The zero-order valence-corrected chi connectivity index (χ0v) is 12.6. The van der Waals surface area contributed by atoms with Gasteiger partial charge in [-0.05, 0) is 50.0 Å². The molecule has 0 aliphatic heterocycles. The molecule has 3 rings (SSSR count). The highest BCUT2D eigenvalue weighted by atomic mass is 16.2. The fourth-order valence-electron chi connectivity index (χ4n) is 4.57. The van der Waals surface area contributed by atoms with Gasteiger partial charge in [-0.2, -0.15) is 0 Å². The summed E-state index contributed by atoms with van der Waals surface area (Å²) in [5, 5.41) is 6.21. The van der Waals surface area contributed by atoms with Gasteiger partial charge in [0.25, 0.3) is 0 Å². The van der Waals surface area contributed by atoms with Crippen molar-refractivity contribution >= 4 is 11.8 Å². The summed E-state index contributed by atoms with van der Waals surface area (Å²) in [6.45, 7) is 3.50. The Bertz CT molecular complexity index is 435. The van der Waals surface area contributed by atoms with Crippen LogP contribution < -0.4 is 10.6 Å². The summed E-state index contributed by atoms with van der Waals surface area (Å²) in [6, 6.07) is 0.154. The van der Waals surface area contributed by atoms with Crippen molar-refractivity contribution in [3.05, 3.63) is 12.7 Å². The average Bonchev–Trinajstić information content (AvgIpc) is 3.12. The van der Waals surface area contributed by atoms with Crippen LogP contribution in [0.1, 0.15) is 51.4 Å². The second-order valence-electron chi connectivity index (χ2n) is 7.00. The molecule has 2 N–H and O–H groups in total. The zero-order valence-electron chi connectivity index (χ0n) is 12.6. The van der Waals surface area contributed by atoms with E-state index in [9.17, 15) is 9.59 Å². The van der Waals surface area contributed by atoms with Crippen molar-refractivity contribution in [2.75, 3.05) is 0 Å². The van der Waals surface area contributed by atoms with Crippen LogP contribution in [0, 0.1) is 17.8 Å². The number of hydrogen-bond donors (Lipinski definition) is 2. The summed E-state index contributed by atoms with van der Waals surface area (Å²) in [4.78, 5) is 24.1. The molecule has 21 heavy (non-hydrogen) atoms. The fraction of sp³-hybridized carbons (Fsp3) is 0.765. The molecule has 2 amide bonds. The number of amides is 2. The van der Waals surface area contributed by atoms with Crippen LogP contribution in [0.4, 0.5) is 0 Å². The van der Waals surface area contributed by atoms with Crippen molar-refractivity contribution in [1.29, 1.82) is 0 Å². The van der Waals surface area contributed by atoms with Gasteiger partial charge in [0.15, 0.2) is 0 Å². The van der Waals surface area contributed by atoms with E-state index >= 15 is 0 Å². The number of fused-ring (bicyclic) bond motifs is 2. The molecule has 3 saturated carbocycles. The molecule has 4 heteroatoms. The molecule has 0 aromatic carbocycles. The Morgan fingerprint density at radius 1 is 0.952 bits per heavy atom. The summed E-state index contributed by atoms with van der Waals surface area (Å²) < 4.78 is 0. The van der Waals surface area contributed by atoms with Crippen LogP contribution in [0.3, 0.4) is 0 Å². The Morgan fingerprint density at radius 3 is 2.24 bits per heavy atom. The molecule has 0 heterocycles. The van der Waals surface area contributed by atoms with E-state index < -0.39 is 0 Å². The normalized spacial score (nSPS) is 38.0. The summed E-state index contributed by atoms with van der Waals surface area (Å²) >= 11 is 0. The zero-order chi connectivity index (χ0) is 14.8. The van der Waals surface area contributed by atoms with Gasteiger partial charge in [0.2, 0.25) is 11.8 Å². The van der Waals surface area contributed by atoms with Crippen LogP contribution in [-0.4, -0.2) is 23.9 Å². The van der Waals surface area contributed by atoms with E-state index in [2.05, 4.69) is 17.2 Å². The largest absolute Gasteiger partial charge is 0.351 e. The molecule has 3 aliphatic rings. The second-order valence-corrected chi connectivity index (χ2v) is 7.00. The Kier molecular flexibility index (Phi) is 4.32. The van der Waals surface area contributed by atoms with Gasteiger partial charge in [-0.15, -0.1) is 0 Å². The van der Waals surface area contributed by atoms with Crippen LogP contribution in [0.2, 0.25) is 0 Å². The van der Waals surface area contributed by atoms with Gasteiger partial charge < -0.3 is 10.6 Å². The lowest BCUT2D eigenvalue weighted by Crippen LogP contribution is -2.54. The average molecular weight is 290 g/mol. The minimum absolute atomic E-state index is 0.0618. The number of carbonyl (C=O) groups is 2. The van der Waals surface area contributed by atoms with Crippen LogP contribution in [0.25, 0.3) is 0 Å². The van der Waals surface area contributed by atoms with Crippen LogP contribution in [0.15, 0.2) is 12.7 Å². The van der Waals surface area contributed by atoms with Gasteiger partial charge in [0.1, 0.15) is 0 Å². The molecular formula is C17H26N2O2. The molecule has 0 aromatic heterocycles. The van der Waals surface area contributed by atoms with Crippen LogP contribution in [-0.2, 0) is 9.59 Å². The van der Waals surface area contributed by atoms with Crippen LogP contribution >= 0.6 is 0 Å². The van der Waals surface area contributed by atoms with Crippen molar-refractivity contribution in [3.63, 3.8) is 0 Å². The quantitative estimate of drug-likeness (QED) is 0.779.